The molecule has 1 heterocycles. The number of alkyl halides is 1. The number of hydrogen-bond acceptors (Lipinski definition) is 3. The van der Waals surface area contributed by atoms with E-state index in [4.69, 9.17) is 4.74 Å². The van der Waals surface area contributed by atoms with Crippen molar-refractivity contribution in [3.8, 4) is 5.75 Å². The van der Waals surface area contributed by atoms with Crippen LogP contribution in [-0.2, 0) is 26.1 Å². The van der Waals surface area contributed by atoms with Gasteiger partial charge in [0.05, 0.1) is 0 Å². The average molecular weight is 441 g/mol. The van der Waals surface area contributed by atoms with Crippen LogP contribution in [0.4, 0.5) is 8.78 Å². The molecule has 2 aromatic carbocycles. The minimum atomic E-state index is -0.330. The molecule has 1 aromatic heterocycles. The van der Waals surface area contributed by atoms with Crippen molar-refractivity contribution in [2.45, 2.75) is 39.5 Å². The first kappa shape index (κ1) is 23.7. The van der Waals surface area contributed by atoms with Crippen LogP contribution in [0, 0.1) is 5.82 Å². The summed E-state index contributed by atoms with van der Waals surface area (Å²) in [6, 6.07) is 17.6. The summed E-state index contributed by atoms with van der Waals surface area (Å²) in [7, 11) is 0. The zero-order chi connectivity index (χ0) is 22.8. The van der Waals surface area contributed by atoms with Gasteiger partial charge in [-0.1, -0.05) is 43.3 Å². The van der Waals surface area contributed by atoms with Crippen molar-refractivity contribution in [3.63, 3.8) is 0 Å². The average Bonchev–Trinajstić information content (AvgIpc) is 2.79. The van der Waals surface area contributed by atoms with Gasteiger partial charge in [-0.15, -0.1) is 0 Å². The third-order valence-corrected chi connectivity index (χ3v) is 5.30. The van der Waals surface area contributed by atoms with Gasteiger partial charge in [0, 0.05) is 31.9 Å². The van der Waals surface area contributed by atoms with Crippen LogP contribution >= 0.6 is 0 Å². The lowest BCUT2D eigenvalue weighted by molar-refractivity contribution is 0.240. The van der Waals surface area contributed by atoms with Gasteiger partial charge < -0.3 is 9.30 Å². The van der Waals surface area contributed by atoms with Gasteiger partial charge in [0.15, 0.2) is 0 Å². The maximum absolute atomic E-state index is 13.0. The smallest absolute Gasteiger partial charge is 0.254 e. The van der Waals surface area contributed by atoms with E-state index >= 15 is 0 Å². The minimum absolute atomic E-state index is 0.125. The van der Waals surface area contributed by atoms with Crippen LogP contribution in [0.5, 0.6) is 5.75 Å². The Hall–Kier alpha value is -2.99. The van der Waals surface area contributed by atoms with Gasteiger partial charge >= 0.3 is 0 Å². The van der Waals surface area contributed by atoms with Crippen LogP contribution in [0.3, 0.4) is 0 Å². The van der Waals surface area contributed by atoms with E-state index in [0.717, 1.165) is 42.6 Å². The normalized spacial score (nSPS) is 11.1. The zero-order valence-electron chi connectivity index (χ0n) is 18.5. The Balaban J connectivity index is 1.51. The molecule has 0 atom stereocenters. The second kappa shape index (κ2) is 12.2. The maximum Gasteiger partial charge on any atom is 0.254 e. The predicted molar refractivity (Wildman–Crippen MR) is 123 cm³/mol. The largest absolute Gasteiger partial charge is 0.489 e. The Morgan fingerprint density at radius 2 is 1.62 bits per heavy atom. The number of hydrogen-bond donors (Lipinski definition) is 0. The number of aromatic nitrogens is 1. The fourth-order valence-corrected chi connectivity index (χ4v) is 3.54. The molecule has 0 amide bonds. The molecule has 0 saturated heterocycles. The fourth-order valence-electron chi connectivity index (χ4n) is 3.54. The van der Waals surface area contributed by atoms with Crippen LogP contribution in [0.2, 0.25) is 0 Å². The maximum atomic E-state index is 13.0. The van der Waals surface area contributed by atoms with Gasteiger partial charge in [-0.3, -0.25) is 9.69 Å². The molecule has 0 spiro atoms. The lowest BCUT2D eigenvalue weighted by atomic mass is 10.1. The van der Waals surface area contributed by atoms with Crippen LogP contribution in [0.1, 0.15) is 30.0 Å². The lowest BCUT2D eigenvalue weighted by Gasteiger charge is -2.20. The van der Waals surface area contributed by atoms with Gasteiger partial charge in [0.25, 0.3) is 5.56 Å². The molecular formula is C26H30F2N2O2. The molecule has 0 aliphatic heterocycles. The number of nitrogens with zero attached hydrogens (tertiary/aromatic N) is 2. The SMILES string of the molecule is CCCN(CCF)Cc1ccc(CCn2ccc(OCc3ccc(F)cc3)cc2=O)cc1. The summed E-state index contributed by atoms with van der Waals surface area (Å²) in [5.74, 6) is 0.200. The molecule has 170 valence electrons. The second-order valence-electron chi connectivity index (χ2n) is 7.84. The summed E-state index contributed by atoms with van der Waals surface area (Å²) in [4.78, 5) is 14.5. The highest BCUT2D eigenvalue weighted by molar-refractivity contribution is 5.23. The van der Waals surface area contributed by atoms with E-state index in [-0.39, 0.29) is 24.7 Å². The van der Waals surface area contributed by atoms with E-state index in [1.54, 1.807) is 29.0 Å². The Morgan fingerprint density at radius 3 is 2.28 bits per heavy atom. The summed E-state index contributed by atoms with van der Waals surface area (Å²) >= 11 is 0. The first-order chi connectivity index (χ1) is 15.6. The Labute approximate surface area is 188 Å². The van der Waals surface area contributed by atoms with Crippen LogP contribution in [0.15, 0.2) is 71.7 Å². The van der Waals surface area contributed by atoms with Gasteiger partial charge in [-0.25, -0.2) is 8.78 Å². The Bertz CT molecular complexity index is 1010. The highest BCUT2D eigenvalue weighted by atomic mass is 19.1. The lowest BCUT2D eigenvalue weighted by Crippen LogP contribution is -2.26. The molecule has 0 saturated carbocycles. The monoisotopic (exact) mass is 440 g/mol. The van der Waals surface area contributed by atoms with E-state index in [9.17, 15) is 13.6 Å². The zero-order valence-corrected chi connectivity index (χ0v) is 18.5. The number of benzene rings is 2. The Morgan fingerprint density at radius 1 is 0.938 bits per heavy atom. The predicted octanol–water partition coefficient (Wildman–Crippen LogP) is 4.99. The quantitative estimate of drug-likeness (QED) is 0.398. The van der Waals surface area contributed by atoms with E-state index in [2.05, 4.69) is 36.1 Å². The van der Waals surface area contributed by atoms with Crippen LogP contribution < -0.4 is 10.3 Å². The Kier molecular flexibility index (Phi) is 8.99. The molecule has 0 aliphatic rings. The first-order valence-corrected chi connectivity index (χ1v) is 11.0. The van der Waals surface area contributed by atoms with Crippen molar-refractivity contribution in [3.05, 3.63) is 99.7 Å². The topological polar surface area (TPSA) is 34.5 Å². The summed E-state index contributed by atoms with van der Waals surface area (Å²) in [5.41, 5.74) is 3.02. The van der Waals surface area contributed by atoms with Crippen molar-refractivity contribution in [2.24, 2.45) is 0 Å². The van der Waals surface area contributed by atoms with Crippen molar-refractivity contribution in [2.75, 3.05) is 19.8 Å². The van der Waals surface area contributed by atoms with Gasteiger partial charge in [-0.05, 0) is 54.3 Å². The molecule has 0 unspecified atom stereocenters. The van der Waals surface area contributed by atoms with Crippen molar-refractivity contribution in [1.82, 2.24) is 9.47 Å². The highest BCUT2D eigenvalue weighted by Crippen LogP contribution is 2.12. The van der Waals surface area contributed by atoms with Gasteiger partial charge in [0.1, 0.15) is 24.8 Å². The third kappa shape index (κ3) is 7.31. The molecular weight excluding hydrogens is 410 g/mol. The molecule has 0 N–H and O–H groups in total. The van der Waals surface area contributed by atoms with E-state index in [1.165, 1.54) is 18.2 Å². The summed E-state index contributed by atoms with van der Waals surface area (Å²) in [5, 5.41) is 0. The second-order valence-corrected chi connectivity index (χ2v) is 7.84. The fraction of sp³-hybridized carbons (Fsp3) is 0.346. The summed E-state index contributed by atoms with van der Waals surface area (Å²) in [6.07, 6.45) is 3.47. The number of pyridine rings is 1. The van der Waals surface area contributed by atoms with Crippen molar-refractivity contribution in [1.29, 1.82) is 0 Å². The number of aryl methyl sites for hydroxylation is 2. The molecule has 0 fully saturated rings. The minimum Gasteiger partial charge on any atom is -0.489 e. The standard InChI is InChI=1S/C26H30F2N2O2/c1-2-14-29(17-13-27)19-22-5-3-21(4-6-22)11-15-30-16-12-25(18-26(30)31)32-20-23-7-9-24(28)10-8-23/h3-10,12,16,18H,2,11,13-15,17,19-20H2,1H3. The van der Waals surface area contributed by atoms with Gasteiger partial charge in [-0.2, -0.15) is 0 Å². The van der Waals surface area contributed by atoms with Crippen molar-refractivity contribution >= 4 is 0 Å². The molecule has 3 aromatic rings. The number of ether oxygens (including phenoxy) is 1. The highest BCUT2D eigenvalue weighted by Gasteiger charge is 2.06. The molecule has 3 rings (SSSR count). The number of rotatable bonds is 12. The van der Waals surface area contributed by atoms with Crippen molar-refractivity contribution < 1.29 is 13.5 Å². The third-order valence-electron chi connectivity index (χ3n) is 5.30. The van der Waals surface area contributed by atoms with E-state index in [0.29, 0.717) is 18.8 Å². The summed E-state index contributed by atoms with van der Waals surface area (Å²) < 4.78 is 33.0. The molecule has 32 heavy (non-hydrogen) atoms. The molecule has 4 nitrogen and oxygen atoms in total. The molecule has 6 heteroatoms. The first-order valence-electron chi connectivity index (χ1n) is 11.0. The van der Waals surface area contributed by atoms with Crippen LogP contribution in [-0.4, -0.2) is 29.2 Å². The number of halogens is 2. The summed E-state index contributed by atoms with van der Waals surface area (Å²) in [6.45, 7) is 4.71. The molecule has 0 radical (unpaired) electrons. The van der Waals surface area contributed by atoms with Gasteiger partial charge in [0.2, 0.25) is 0 Å². The van der Waals surface area contributed by atoms with E-state index in [1.807, 2.05) is 0 Å². The van der Waals surface area contributed by atoms with Crippen LogP contribution in [0.25, 0.3) is 0 Å². The molecule has 0 aliphatic carbocycles. The van der Waals surface area contributed by atoms with E-state index < -0.39 is 0 Å². The molecule has 0 bridgehead atoms.